The monoisotopic (exact) mass is 357 g/mol. The van der Waals surface area contributed by atoms with Crippen molar-refractivity contribution in [2.75, 3.05) is 5.32 Å². The van der Waals surface area contributed by atoms with Crippen LogP contribution in [0.2, 0.25) is 0 Å². The molecule has 0 spiro atoms. The summed E-state index contributed by atoms with van der Waals surface area (Å²) < 4.78 is 18.3. The molecule has 0 fully saturated rings. The predicted octanol–water partition coefficient (Wildman–Crippen LogP) is 4.40. The number of hydrogen-bond acceptors (Lipinski definition) is 6. The highest BCUT2D eigenvalue weighted by atomic mass is 32.2. The van der Waals surface area contributed by atoms with Crippen LogP contribution in [0.5, 0.6) is 0 Å². The van der Waals surface area contributed by atoms with Crippen molar-refractivity contribution < 1.29 is 18.4 Å². The second kappa shape index (κ2) is 7.27. The summed E-state index contributed by atoms with van der Waals surface area (Å²) in [5.74, 6) is -0.222. The number of ketones is 1. The molecule has 0 saturated carbocycles. The van der Waals surface area contributed by atoms with E-state index in [1.54, 1.807) is 24.3 Å². The molecule has 0 unspecified atom stereocenters. The van der Waals surface area contributed by atoms with Crippen LogP contribution in [0.3, 0.4) is 0 Å². The topological polar surface area (TPSA) is 85.1 Å². The number of carbonyl (C=O) groups is 2. The van der Waals surface area contributed by atoms with E-state index in [0.29, 0.717) is 16.8 Å². The van der Waals surface area contributed by atoms with E-state index in [-0.39, 0.29) is 22.7 Å². The van der Waals surface area contributed by atoms with Gasteiger partial charge in [0, 0.05) is 28.6 Å². The Kier molecular flexibility index (Phi) is 4.90. The number of anilines is 1. The van der Waals surface area contributed by atoms with E-state index in [9.17, 15) is 14.0 Å². The number of aromatic nitrogens is 2. The van der Waals surface area contributed by atoms with Crippen LogP contribution in [0.25, 0.3) is 11.5 Å². The zero-order valence-electron chi connectivity index (χ0n) is 13.0. The molecular weight excluding hydrogens is 345 g/mol. The number of halogens is 1. The Hall–Kier alpha value is -3.00. The average molecular weight is 357 g/mol. The van der Waals surface area contributed by atoms with Gasteiger partial charge in [0.2, 0.25) is 5.89 Å². The number of amides is 1. The summed E-state index contributed by atoms with van der Waals surface area (Å²) in [5.41, 5.74) is 1.66. The van der Waals surface area contributed by atoms with Gasteiger partial charge in [-0.3, -0.25) is 9.59 Å². The molecule has 126 valence electrons. The number of benzene rings is 2. The number of hydrogen-bond donors (Lipinski definition) is 1. The average Bonchev–Trinajstić information content (AvgIpc) is 3.04. The third kappa shape index (κ3) is 4.30. The Labute approximate surface area is 146 Å². The molecule has 0 bridgehead atoms. The van der Waals surface area contributed by atoms with Crippen LogP contribution in [-0.2, 0) is 0 Å². The predicted molar refractivity (Wildman–Crippen MR) is 91.0 cm³/mol. The van der Waals surface area contributed by atoms with Crippen LogP contribution in [0.4, 0.5) is 14.9 Å². The quantitative estimate of drug-likeness (QED) is 0.550. The molecule has 1 amide bonds. The fourth-order valence-electron chi connectivity index (χ4n) is 1.97. The minimum atomic E-state index is -0.412. The number of nitrogens with zero attached hydrogens (tertiary/aromatic N) is 2. The number of nitrogens with one attached hydrogen (secondary N) is 1. The van der Waals surface area contributed by atoms with E-state index >= 15 is 0 Å². The van der Waals surface area contributed by atoms with Crippen LogP contribution in [-0.4, -0.2) is 21.2 Å². The van der Waals surface area contributed by atoms with Gasteiger partial charge < -0.3 is 9.73 Å². The van der Waals surface area contributed by atoms with Crippen molar-refractivity contribution in [1.82, 2.24) is 10.2 Å². The smallest absolute Gasteiger partial charge is 0.292 e. The van der Waals surface area contributed by atoms with Gasteiger partial charge in [0.05, 0.1) is 0 Å². The maximum Gasteiger partial charge on any atom is 0.292 e. The normalized spacial score (nSPS) is 10.5. The van der Waals surface area contributed by atoms with Gasteiger partial charge in [-0.1, -0.05) is 0 Å². The van der Waals surface area contributed by atoms with E-state index in [4.69, 9.17) is 4.42 Å². The molecule has 3 rings (SSSR count). The SMILES string of the molecule is CC(=O)c1ccc(NC(=O)Sc2nnc(-c3ccc(F)cc3)o2)cc1. The van der Waals surface area contributed by atoms with Gasteiger partial charge in [-0.25, -0.2) is 4.39 Å². The zero-order valence-corrected chi connectivity index (χ0v) is 13.8. The number of thioether (sulfide) groups is 1. The van der Waals surface area contributed by atoms with Crippen molar-refractivity contribution in [2.24, 2.45) is 0 Å². The molecule has 0 aliphatic carbocycles. The Morgan fingerprint density at radius 3 is 2.36 bits per heavy atom. The zero-order chi connectivity index (χ0) is 17.8. The summed E-state index contributed by atoms with van der Waals surface area (Å²) >= 11 is 0.736. The Bertz CT molecular complexity index is 908. The van der Waals surface area contributed by atoms with E-state index < -0.39 is 5.24 Å². The lowest BCUT2D eigenvalue weighted by Gasteiger charge is -2.03. The van der Waals surface area contributed by atoms with Crippen LogP contribution in [0.1, 0.15) is 17.3 Å². The molecule has 1 N–H and O–H groups in total. The Morgan fingerprint density at radius 2 is 1.72 bits per heavy atom. The standard InChI is InChI=1S/C17H12FN3O3S/c1-10(22)11-4-8-14(9-5-11)19-16(23)25-17-21-20-15(24-17)12-2-6-13(18)7-3-12/h2-9H,1H3,(H,19,23). The fraction of sp³-hybridized carbons (Fsp3) is 0.0588. The van der Waals surface area contributed by atoms with Crippen molar-refractivity contribution in [3.8, 4) is 11.5 Å². The number of Topliss-reactive ketones (excluding diaryl/α,β-unsaturated/α-hetero) is 1. The van der Waals surface area contributed by atoms with Crippen molar-refractivity contribution in [1.29, 1.82) is 0 Å². The van der Waals surface area contributed by atoms with E-state index in [1.165, 1.54) is 31.2 Å². The van der Waals surface area contributed by atoms with Gasteiger partial charge in [0.25, 0.3) is 10.5 Å². The molecule has 25 heavy (non-hydrogen) atoms. The number of rotatable bonds is 4. The lowest BCUT2D eigenvalue weighted by molar-refractivity contribution is 0.101. The van der Waals surface area contributed by atoms with Gasteiger partial charge in [-0.15, -0.1) is 10.2 Å². The third-order valence-electron chi connectivity index (χ3n) is 3.22. The van der Waals surface area contributed by atoms with Gasteiger partial charge >= 0.3 is 0 Å². The van der Waals surface area contributed by atoms with E-state index in [0.717, 1.165) is 11.8 Å². The van der Waals surface area contributed by atoms with Crippen LogP contribution in [0.15, 0.2) is 58.2 Å². The van der Waals surface area contributed by atoms with Crippen molar-refractivity contribution in [3.05, 3.63) is 59.9 Å². The van der Waals surface area contributed by atoms with Crippen molar-refractivity contribution >= 4 is 28.5 Å². The lowest BCUT2D eigenvalue weighted by Crippen LogP contribution is -2.05. The first-order valence-electron chi connectivity index (χ1n) is 7.20. The largest absolute Gasteiger partial charge is 0.411 e. The Balaban J connectivity index is 1.63. The third-order valence-corrected chi connectivity index (χ3v) is 3.84. The summed E-state index contributed by atoms with van der Waals surface area (Å²) in [6.07, 6.45) is 0. The van der Waals surface area contributed by atoms with Gasteiger partial charge in [0.1, 0.15) is 5.82 Å². The molecule has 1 aromatic heterocycles. The maximum absolute atomic E-state index is 12.9. The highest BCUT2D eigenvalue weighted by Gasteiger charge is 2.14. The maximum atomic E-state index is 12.9. The van der Waals surface area contributed by atoms with Crippen molar-refractivity contribution in [3.63, 3.8) is 0 Å². The highest BCUT2D eigenvalue weighted by molar-refractivity contribution is 8.13. The minimum absolute atomic E-state index is 0.0496. The summed E-state index contributed by atoms with van der Waals surface area (Å²) in [6, 6.07) is 12.1. The molecule has 8 heteroatoms. The van der Waals surface area contributed by atoms with Crippen molar-refractivity contribution in [2.45, 2.75) is 12.1 Å². The van der Waals surface area contributed by atoms with Crippen LogP contribution in [0, 0.1) is 5.82 Å². The molecule has 2 aromatic carbocycles. The second-order valence-electron chi connectivity index (χ2n) is 5.03. The molecule has 3 aromatic rings. The molecule has 0 aliphatic rings. The minimum Gasteiger partial charge on any atom is -0.411 e. The second-order valence-corrected chi connectivity index (χ2v) is 5.95. The lowest BCUT2D eigenvalue weighted by atomic mass is 10.1. The first-order valence-corrected chi connectivity index (χ1v) is 8.02. The van der Waals surface area contributed by atoms with Gasteiger partial charge in [-0.05, 0) is 55.5 Å². The van der Waals surface area contributed by atoms with Crippen LogP contribution >= 0.6 is 11.8 Å². The first kappa shape index (κ1) is 16.8. The highest BCUT2D eigenvalue weighted by Crippen LogP contribution is 2.24. The number of carbonyl (C=O) groups excluding carboxylic acids is 2. The first-order chi connectivity index (χ1) is 12.0. The molecule has 0 saturated heterocycles. The fourth-order valence-corrected chi connectivity index (χ4v) is 2.50. The molecular formula is C17H12FN3O3S. The summed E-state index contributed by atoms with van der Waals surface area (Å²) in [6.45, 7) is 1.47. The molecule has 1 heterocycles. The summed E-state index contributed by atoms with van der Waals surface area (Å²) in [7, 11) is 0. The van der Waals surface area contributed by atoms with E-state index in [2.05, 4.69) is 15.5 Å². The molecule has 6 nitrogen and oxygen atoms in total. The summed E-state index contributed by atoms with van der Waals surface area (Å²) in [5, 5.41) is 9.91. The molecule has 0 atom stereocenters. The van der Waals surface area contributed by atoms with Crippen LogP contribution < -0.4 is 5.32 Å². The molecule has 0 aliphatic heterocycles. The van der Waals surface area contributed by atoms with Gasteiger partial charge in [0.15, 0.2) is 5.78 Å². The molecule has 0 radical (unpaired) electrons. The van der Waals surface area contributed by atoms with E-state index in [1.807, 2.05) is 0 Å². The summed E-state index contributed by atoms with van der Waals surface area (Å²) in [4.78, 5) is 23.2. The Morgan fingerprint density at radius 1 is 1.04 bits per heavy atom. The van der Waals surface area contributed by atoms with Gasteiger partial charge in [-0.2, -0.15) is 0 Å².